The molecule has 1 heterocycles. The van der Waals surface area contributed by atoms with Crippen molar-refractivity contribution in [3.8, 4) is 0 Å². The molecule has 0 radical (unpaired) electrons. The Kier molecular flexibility index (Phi) is 4.39. The van der Waals surface area contributed by atoms with Crippen LogP contribution >= 0.6 is 11.6 Å². The molecule has 0 aliphatic carbocycles. The second kappa shape index (κ2) is 6.03. The minimum atomic E-state index is 0.190. The van der Waals surface area contributed by atoms with E-state index in [4.69, 9.17) is 11.6 Å². The van der Waals surface area contributed by atoms with E-state index in [1.807, 2.05) is 30.7 Å². The van der Waals surface area contributed by atoms with E-state index in [-0.39, 0.29) is 6.04 Å². The number of benzene rings is 1. The molecule has 0 saturated heterocycles. The maximum atomic E-state index is 6.24. The Morgan fingerprint density at radius 1 is 1.39 bits per heavy atom. The van der Waals surface area contributed by atoms with Crippen LogP contribution in [0.15, 0.2) is 36.8 Å². The lowest BCUT2D eigenvalue weighted by atomic mass is 10.1. The highest BCUT2D eigenvalue weighted by molar-refractivity contribution is 6.31. The fourth-order valence-electron chi connectivity index (χ4n) is 2.03. The van der Waals surface area contributed by atoms with Crippen molar-refractivity contribution in [1.82, 2.24) is 14.9 Å². The van der Waals surface area contributed by atoms with Crippen LogP contribution in [-0.2, 0) is 6.54 Å². The van der Waals surface area contributed by atoms with Crippen LogP contribution in [-0.4, -0.2) is 16.1 Å². The molecule has 4 heteroatoms. The molecule has 3 nitrogen and oxygen atoms in total. The summed E-state index contributed by atoms with van der Waals surface area (Å²) < 4.78 is 2.16. The van der Waals surface area contributed by atoms with Gasteiger partial charge < -0.3 is 9.88 Å². The Morgan fingerprint density at radius 3 is 2.89 bits per heavy atom. The SMILES string of the molecule is CCNCc1cncn1C(C)c1ccccc1Cl. The summed E-state index contributed by atoms with van der Waals surface area (Å²) >= 11 is 6.24. The summed E-state index contributed by atoms with van der Waals surface area (Å²) in [6, 6.07) is 8.14. The first-order valence-corrected chi connectivity index (χ1v) is 6.57. The molecule has 1 aromatic carbocycles. The molecular formula is C14H18ClN3. The van der Waals surface area contributed by atoms with Crippen molar-refractivity contribution >= 4 is 11.6 Å². The molecule has 0 aliphatic heterocycles. The first kappa shape index (κ1) is 13.1. The number of halogens is 1. The quantitative estimate of drug-likeness (QED) is 0.897. The fraction of sp³-hybridized carbons (Fsp3) is 0.357. The molecule has 0 amide bonds. The van der Waals surface area contributed by atoms with Crippen LogP contribution in [0, 0.1) is 0 Å². The predicted octanol–water partition coefficient (Wildman–Crippen LogP) is 3.26. The van der Waals surface area contributed by atoms with Gasteiger partial charge in [0.2, 0.25) is 0 Å². The summed E-state index contributed by atoms with van der Waals surface area (Å²) in [7, 11) is 0. The average Bonchev–Trinajstić information content (AvgIpc) is 2.84. The van der Waals surface area contributed by atoms with Crippen molar-refractivity contribution in [2.24, 2.45) is 0 Å². The number of nitrogens with zero attached hydrogens (tertiary/aromatic N) is 2. The molecule has 0 bridgehead atoms. The third kappa shape index (κ3) is 2.74. The van der Waals surface area contributed by atoms with E-state index in [0.29, 0.717) is 0 Å². The van der Waals surface area contributed by atoms with Gasteiger partial charge >= 0.3 is 0 Å². The molecule has 0 saturated carbocycles. The van der Waals surface area contributed by atoms with Gasteiger partial charge in [-0.15, -0.1) is 0 Å². The topological polar surface area (TPSA) is 29.9 Å². The summed E-state index contributed by atoms with van der Waals surface area (Å²) in [4.78, 5) is 4.23. The van der Waals surface area contributed by atoms with Gasteiger partial charge in [-0.1, -0.05) is 36.7 Å². The van der Waals surface area contributed by atoms with Gasteiger partial charge in [0.05, 0.1) is 18.1 Å². The molecule has 0 fully saturated rings. The smallest absolute Gasteiger partial charge is 0.0954 e. The molecule has 0 aliphatic rings. The van der Waals surface area contributed by atoms with E-state index in [2.05, 4.69) is 34.8 Å². The zero-order valence-electron chi connectivity index (χ0n) is 10.7. The molecule has 1 N–H and O–H groups in total. The Bertz CT molecular complexity index is 507. The van der Waals surface area contributed by atoms with E-state index in [0.717, 1.165) is 23.7 Å². The van der Waals surface area contributed by atoms with Gasteiger partial charge in [0.1, 0.15) is 0 Å². The summed E-state index contributed by atoms with van der Waals surface area (Å²) in [6.45, 7) is 6.01. The van der Waals surface area contributed by atoms with E-state index in [1.54, 1.807) is 0 Å². The Balaban J connectivity index is 2.26. The van der Waals surface area contributed by atoms with Gasteiger partial charge in [-0.3, -0.25) is 0 Å². The van der Waals surface area contributed by atoms with Crippen LogP contribution in [0.4, 0.5) is 0 Å². The van der Waals surface area contributed by atoms with Gasteiger partial charge in [0.25, 0.3) is 0 Å². The number of hydrogen-bond donors (Lipinski definition) is 1. The lowest BCUT2D eigenvalue weighted by molar-refractivity contribution is 0.583. The van der Waals surface area contributed by atoms with Crippen LogP contribution in [0.3, 0.4) is 0 Å². The molecule has 1 atom stereocenters. The van der Waals surface area contributed by atoms with Crippen molar-refractivity contribution in [3.05, 3.63) is 53.1 Å². The van der Waals surface area contributed by atoms with Gasteiger partial charge in [-0.05, 0) is 25.1 Å². The monoisotopic (exact) mass is 263 g/mol. The van der Waals surface area contributed by atoms with E-state index in [9.17, 15) is 0 Å². The number of rotatable bonds is 5. The van der Waals surface area contributed by atoms with Crippen molar-refractivity contribution in [2.45, 2.75) is 26.4 Å². The normalized spacial score (nSPS) is 12.6. The van der Waals surface area contributed by atoms with Crippen LogP contribution in [0.5, 0.6) is 0 Å². The largest absolute Gasteiger partial charge is 0.326 e. The highest BCUT2D eigenvalue weighted by Crippen LogP contribution is 2.26. The van der Waals surface area contributed by atoms with Crippen LogP contribution < -0.4 is 5.32 Å². The zero-order chi connectivity index (χ0) is 13.0. The minimum absolute atomic E-state index is 0.190. The lowest BCUT2D eigenvalue weighted by Gasteiger charge is -2.18. The van der Waals surface area contributed by atoms with Crippen LogP contribution in [0.2, 0.25) is 5.02 Å². The van der Waals surface area contributed by atoms with Gasteiger partial charge in [0.15, 0.2) is 0 Å². The van der Waals surface area contributed by atoms with E-state index in [1.165, 1.54) is 5.69 Å². The first-order valence-electron chi connectivity index (χ1n) is 6.20. The number of aromatic nitrogens is 2. The maximum absolute atomic E-state index is 6.24. The highest BCUT2D eigenvalue weighted by Gasteiger charge is 2.13. The van der Waals surface area contributed by atoms with Crippen LogP contribution in [0.1, 0.15) is 31.1 Å². The molecule has 0 spiro atoms. The summed E-state index contributed by atoms with van der Waals surface area (Å²) in [5.41, 5.74) is 2.29. The third-order valence-corrected chi connectivity index (χ3v) is 3.42. The number of nitrogens with one attached hydrogen (secondary N) is 1. The summed E-state index contributed by atoms with van der Waals surface area (Å²) in [5.74, 6) is 0. The second-order valence-corrected chi connectivity index (χ2v) is 4.68. The molecule has 96 valence electrons. The molecule has 2 aromatic rings. The van der Waals surface area contributed by atoms with Crippen molar-refractivity contribution in [1.29, 1.82) is 0 Å². The average molecular weight is 264 g/mol. The van der Waals surface area contributed by atoms with E-state index >= 15 is 0 Å². The Hall–Kier alpha value is -1.32. The maximum Gasteiger partial charge on any atom is 0.0954 e. The molecule has 1 unspecified atom stereocenters. The van der Waals surface area contributed by atoms with Crippen molar-refractivity contribution in [2.75, 3.05) is 6.54 Å². The highest BCUT2D eigenvalue weighted by atomic mass is 35.5. The van der Waals surface area contributed by atoms with Crippen LogP contribution in [0.25, 0.3) is 0 Å². The van der Waals surface area contributed by atoms with Gasteiger partial charge in [0, 0.05) is 17.8 Å². The third-order valence-electron chi connectivity index (χ3n) is 3.07. The predicted molar refractivity (Wildman–Crippen MR) is 74.9 cm³/mol. The summed E-state index contributed by atoms with van der Waals surface area (Å²) in [6.07, 6.45) is 3.76. The fourth-order valence-corrected chi connectivity index (χ4v) is 2.33. The van der Waals surface area contributed by atoms with Crippen molar-refractivity contribution < 1.29 is 0 Å². The number of hydrogen-bond acceptors (Lipinski definition) is 2. The first-order chi connectivity index (χ1) is 8.74. The van der Waals surface area contributed by atoms with Gasteiger partial charge in [-0.2, -0.15) is 0 Å². The minimum Gasteiger partial charge on any atom is -0.326 e. The summed E-state index contributed by atoms with van der Waals surface area (Å²) in [5, 5.41) is 4.12. The zero-order valence-corrected chi connectivity index (χ0v) is 11.5. The molecule has 1 aromatic heterocycles. The number of imidazole rings is 1. The second-order valence-electron chi connectivity index (χ2n) is 4.27. The van der Waals surface area contributed by atoms with Crippen molar-refractivity contribution in [3.63, 3.8) is 0 Å². The molecule has 2 rings (SSSR count). The standard InChI is InChI=1S/C14H18ClN3/c1-3-16-8-12-9-17-10-18(12)11(2)13-6-4-5-7-14(13)15/h4-7,9-11,16H,3,8H2,1-2H3. The van der Waals surface area contributed by atoms with E-state index < -0.39 is 0 Å². The Morgan fingerprint density at radius 2 is 2.17 bits per heavy atom. The molecular weight excluding hydrogens is 246 g/mol. The van der Waals surface area contributed by atoms with Gasteiger partial charge in [-0.25, -0.2) is 4.98 Å². The Labute approximate surface area is 113 Å². The lowest BCUT2D eigenvalue weighted by Crippen LogP contribution is -2.17. The molecule has 18 heavy (non-hydrogen) atoms.